The van der Waals surface area contributed by atoms with Crippen LogP contribution in [0.5, 0.6) is 0 Å². The maximum atomic E-state index is 13.6. The molecule has 1 aliphatic rings. The van der Waals surface area contributed by atoms with E-state index in [1.807, 2.05) is 4.72 Å². The number of carboxylic acid groups (broad SMARTS) is 1. The van der Waals surface area contributed by atoms with Crippen molar-refractivity contribution in [3.05, 3.63) is 29.6 Å². The lowest BCUT2D eigenvalue weighted by molar-refractivity contribution is -0.141. The van der Waals surface area contributed by atoms with Crippen LogP contribution in [0.2, 0.25) is 0 Å². The summed E-state index contributed by atoms with van der Waals surface area (Å²) in [5.41, 5.74) is -0.216. The minimum absolute atomic E-state index is 0.0938. The maximum Gasteiger partial charge on any atom is 0.306 e. The summed E-state index contributed by atoms with van der Waals surface area (Å²) in [6.45, 7) is 0. The zero-order valence-electron chi connectivity index (χ0n) is 12.4. The van der Waals surface area contributed by atoms with Gasteiger partial charge in [0.2, 0.25) is 10.0 Å². The van der Waals surface area contributed by atoms with E-state index in [1.165, 1.54) is 6.07 Å². The number of benzene rings is 1. The third-order valence-electron chi connectivity index (χ3n) is 3.64. The minimum atomic E-state index is -3.67. The second-order valence-corrected chi connectivity index (χ2v) is 7.34. The number of aliphatic carboxylic acids is 1. The molecule has 0 aromatic heterocycles. The van der Waals surface area contributed by atoms with Gasteiger partial charge in [-0.1, -0.05) is 0 Å². The van der Waals surface area contributed by atoms with Crippen LogP contribution in [-0.4, -0.2) is 37.7 Å². The fraction of sp³-hybridized carbons (Fsp3) is 0.429. The minimum Gasteiger partial charge on any atom is -0.481 e. The number of rotatable bonds is 5. The SMILES string of the molecule is CS(=O)(=O)Nc1cc(C(=O)N[C@H]2CC[C@@H](C(=O)O)C2)ccc1F. The lowest BCUT2D eigenvalue weighted by atomic mass is 10.1. The molecule has 3 N–H and O–H groups in total. The smallest absolute Gasteiger partial charge is 0.306 e. The number of carboxylic acids is 1. The van der Waals surface area contributed by atoms with E-state index in [2.05, 4.69) is 5.32 Å². The average molecular weight is 344 g/mol. The summed E-state index contributed by atoms with van der Waals surface area (Å²) in [4.78, 5) is 23.0. The maximum absolute atomic E-state index is 13.6. The summed E-state index contributed by atoms with van der Waals surface area (Å²) in [7, 11) is -3.67. The third kappa shape index (κ3) is 4.65. The molecule has 2 rings (SSSR count). The number of hydrogen-bond acceptors (Lipinski definition) is 4. The Kier molecular flexibility index (Phi) is 4.88. The molecule has 7 nitrogen and oxygen atoms in total. The van der Waals surface area contributed by atoms with Crippen molar-refractivity contribution in [1.82, 2.24) is 5.32 Å². The molecular formula is C14H17FN2O5S. The molecule has 0 aliphatic heterocycles. The molecule has 0 radical (unpaired) electrons. The van der Waals surface area contributed by atoms with Crippen LogP contribution in [0.1, 0.15) is 29.6 Å². The summed E-state index contributed by atoms with van der Waals surface area (Å²) >= 11 is 0. The lowest BCUT2D eigenvalue weighted by Crippen LogP contribution is -2.33. The second kappa shape index (κ2) is 6.53. The van der Waals surface area contributed by atoms with Crippen LogP contribution in [0, 0.1) is 11.7 Å². The van der Waals surface area contributed by atoms with Gasteiger partial charge in [0, 0.05) is 11.6 Å². The average Bonchev–Trinajstić information content (AvgIpc) is 2.88. The second-order valence-electron chi connectivity index (χ2n) is 5.59. The molecule has 0 bridgehead atoms. The Morgan fingerprint density at radius 1 is 1.30 bits per heavy atom. The number of sulfonamides is 1. The first-order valence-corrected chi connectivity index (χ1v) is 8.86. The zero-order valence-corrected chi connectivity index (χ0v) is 13.2. The summed E-state index contributed by atoms with van der Waals surface area (Å²) in [5.74, 6) is -2.66. The summed E-state index contributed by atoms with van der Waals surface area (Å²) in [6.07, 6.45) is 2.27. The van der Waals surface area contributed by atoms with Crippen molar-refractivity contribution in [2.75, 3.05) is 11.0 Å². The standard InChI is InChI=1S/C14H17FN2O5S/c1-23(21,22)17-12-7-8(3-5-11(12)15)13(18)16-10-4-2-9(6-10)14(19)20/h3,5,7,9-10,17H,2,4,6H2,1H3,(H,16,18)(H,19,20)/t9-,10+/m1/s1. The normalized spacial score (nSPS) is 21.0. The number of halogens is 1. The van der Waals surface area contributed by atoms with E-state index in [1.54, 1.807) is 0 Å². The number of amides is 1. The Bertz CT molecular complexity index is 735. The Balaban J connectivity index is 2.08. The van der Waals surface area contributed by atoms with Gasteiger partial charge in [0.1, 0.15) is 5.82 Å². The number of carbonyl (C=O) groups excluding carboxylic acids is 1. The van der Waals surface area contributed by atoms with Crippen molar-refractivity contribution in [2.45, 2.75) is 25.3 Å². The van der Waals surface area contributed by atoms with E-state index in [0.717, 1.165) is 18.4 Å². The molecule has 1 amide bonds. The van der Waals surface area contributed by atoms with Crippen LogP contribution in [0.4, 0.5) is 10.1 Å². The van der Waals surface area contributed by atoms with Crippen LogP contribution in [0.3, 0.4) is 0 Å². The summed E-state index contributed by atoms with van der Waals surface area (Å²) in [6, 6.07) is 3.08. The van der Waals surface area contributed by atoms with Crippen molar-refractivity contribution in [2.24, 2.45) is 5.92 Å². The van der Waals surface area contributed by atoms with E-state index < -0.39 is 33.6 Å². The van der Waals surface area contributed by atoms with Crippen LogP contribution in [0.25, 0.3) is 0 Å². The molecule has 1 aromatic rings. The van der Waals surface area contributed by atoms with Gasteiger partial charge in [0.15, 0.2) is 0 Å². The molecule has 23 heavy (non-hydrogen) atoms. The fourth-order valence-corrected chi connectivity index (χ4v) is 3.11. The Morgan fingerprint density at radius 2 is 2.00 bits per heavy atom. The fourth-order valence-electron chi connectivity index (χ4n) is 2.55. The van der Waals surface area contributed by atoms with Crippen molar-refractivity contribution in [3.63, 3.8) is 0 Å². The first kappa shape index (κ1) is 17.2. The summed E-state index contributed by atoms with van der Waals surface area (Å²) in [5, 5.41) is 11.6. The first-order chi connectivity index (χ1) is 10.7. The molecule has 126 valence electrons. The molecule has 1 aromatic carbocycles. The van der Waals surface area contributed by atoms with Gasteiger partial charge in [-0.15, -0.1) is 0 Å². The third-order valence-corrected chi connectivity index (χ3v) is 4.23. The number of carbonyl (C=O) groups is 2. The number of hydrogen-bond donors (Lipinski definition) is 3. The van der Waals surface area contributed by atoms with E-state index >= 15 is 0 Å². The van der Waals surface area contributed by atoms with E-state index in [9.17, 15) is 22.4 Å². The van der Waals surface area contributed by atoms with Gasteiger partial charge < -0.3 is 10.4 Å². The van der Waals surface area contributed by atoms with Crippen molar-refractivity contribution in [1.29, 1.82) is 0 Å². The first-order valence-electron chi connectivity index (χ1n) is 6.96. The Hall–Kier alpha value is -2.16. The molecule has 2 atom stereocenters. The highest BCUT2D eigenvalue weighted by molar-refractivity contribution is 7.92. The van der Waals surface area contributed by atoms with E-state index in [4.69, 9.17) is 5.11 Å². The van der Waals surface area contributed by atoms with Crippen LogP contribution in [0.15, 0.2) is 18.2 Å². The van der Waals surface area contributed by atoms with Gasteiger partial charge in [-0.25, -0.2) is 12.8 Å². The van der Waals surface area contributed by atoms with Gasteiger partial charge in [0.25, 0.3) is 5.91 Å². The quantitative estimate of drug-likeness (QED) is 0.742. The number of anilines is 1. The van der Waals surface area contributed by atoms with Crippen LogP contribution in [-0.2, 0) is 14.8 Å². The molecule has 0 saturated heterocycles. The van der Waals surface area contributed by atoms with Crippen LogP contribution >= 0.6 is 0 Å². The van der Waals surface area contributed by atoms with Gasteiger partial charge >= 0.3 is 5.97 Å². The molecule has 0 heterocycles. The molecule has 1 saturated carbocycles. The molecule has 0 unspecified atom stereocenters. The highest BCUT2D eigenvalue weighted by atomic mass is 32.2. The molecule has 1 aliphatic carbocycles. The highest BCUT2D eigenvalue weighted by Gasteiger charge is 2.30. The predicted octanol–water partition coefficient (Wildman–Crippen LogP) is 1.18. The largest absolute Gasteiger partial charge is 0.481 e. The van der Waals surface area contributed by atoms with Gasteiger partial charge in [-0.3, -0.25) is 14.3 Å². The van der Waals surface area contributed by atoms with Crippen molar-refractivity contribution < 1.29 is 27.5 Å². The molecular weight excluding hydrogens is 327 g/mol. The highest BCUT2D eigenvalue weighted by Crippen LogP contribution is 2.26. The molecule has 0 spiro atoms. The lowest BCUT2D eigenvalue weighted by Gasteiger charge is -2.13. The predicted molar refractivity (Wildman–Crippen MR) is 81.1 cm³/mol. The molecule has 1 fully saturated rings. The van der Waals surface area contributed by atoms with Gasteiger partial charge in [0.05, 0.1) is 17.9 Å². The Labute approximate surface area is 132 Å². The van der Waals surface area contributed by atoms with Crippen molar-refractivity contribution >= 4 is 27.6 Å². The zero-order chi connectivity index (χ0) is 17.2. The topological polar surface area (TPSA) is 113 Å². The van der Waals surface area contributed by atoms with E-state index in [-0.39, 0.29) is 17.3 Å². The molecule has 9 heteroatoms. The van der Waals surface area contributed by atoms with Crippen molar-refractivity contribution in [3.8, 4) is 0 Å². The summed E-state index contributed by atoms with van der Waals surface area (Å²) < 4.78 is 37.9. The monoisotopic (exact) mass is 344 g/mol. The van der Waals surface area contributed by atoms with Gasteiger partial charge in [-0.05, 0) is 37.5 Å². The van der Waals surface area contributed by atoms with Crippen LogP contribution < -0.4 is 10.0 Å². The Morgan fingerprint density at radius 3 is 2.57 bits per heavy atom. The van der Waals surface area contributed by atoms with Gasteiger partial charge in [-0.2, -0.15) is 0 Å². The van der Waals surface area contributed by atoms with E-state index in [0.29, 0.717) is 19.3 Å². The number of nitrogens with one attached hydrogen (secondary N) is 2.